The summed E-state index contributed by atoms with van der Waals surface area (Å²) in [5, 5.41) is 0. The summed E-state index contributed by atoms with van der Waals surface area (Å²) in [6.45, 7) is 0.801. The minimum atomic E-state index is -4.24. The fourth-order valence-electron chi connectivity index (χ4n) is 3.78. The Morgan fingerprint density at radius 3 is 1.94 bits per heavy atom. The number of sulfonamides is 1. The van der Waals surface area contributed by atoms with Gasteiger partial charge in [0.25, 0.3) is 10.0 Å². The number of anilines is 2. The van der Waals surface area contributed by atoms with Gasteiger partial charge in [0.15, 0.2) is 0 Å². The number of benzene rings is 3. The molecule has 0 unspecified atom stereocenters. The van der Waals surface area contributed by atoms with Gasteiger partial charge in [0.2, 0.25) is 5.91 Å². The minimum absolute atomic E-state index is 0.101. The maximum Gasteiger partial charge on any atom is 0.264 e. The van der Waals surface area contributed by atoms with Gasteiger partial charge in [-0.25, -0.2) is 21.6 Å². The molecule has 1 aliphatic rings. The summed E-state index contributed by atoms with van der Waals surface area (Å²) in [5.41, 5.74) is 0.547. The molecule has 1 aliphatic heterocycles. The van der Waals surface area contributed by atoms with Crippen molar-refractivity contribution < 1.29 is 26.4 Å². The van der Waals surface area contributed by atoms with Crippen molar-refractivity contribution in [1.82, 2.24) is 4.90 Å². The average Bonchev–Trinajstić information content (AvgIpc) is 2.84. The lowest BCUT2D eigenvalue weighted by molar-refractivity contribution is -0.129. The zero-order chi connectivity index (χ0) is 24.3. The van der Waals surface area contributed by atoms with Gasteiger partial charge in [-0.2, -0.15) is 0 Å². The van der Waals surface area contributed by atoms with Crippen LogP contribution in [-0.4, -0.2) is 51.9 Å². The molecule has 0 spiro atoms. The smallest absolute Gasteiger partial charge is 0.264 e. The highest BCUT2D eigenvalue weighted by Gasteiger charge is 2.30. The number of piperazine rings is 1. The summed E-state index contributed by atoms with van der Waals surface area (Å²) < 4.78 is 68.4. The summed E-state index contributed by atoms with van der Waals surface area (Å²) in [6.07, 6.45) is 0. The Labute approximate surface area is 195 Å². The first-order valence-corrected chi connectivity index (χ1v) is 12.0. The lowest BCUT2D eigenvalue weighted by atomic mass is 10.2. The molecule has 1 fully saturated rings. The number of amides is 1. The molecule has 1 saturated heterocycles. The molecule has 178 valence electrons. The normalized spacial score (nSPS) is 14.2. The van der Waals surface area contributed by atoms with Gasteiger partial charge in [0, 0.05) is 26.2 Å². The van der Waals surface area contributed by atoms with E-state index in [1.54, 1.807) is 18.2 Å². The van der Waals surface area contributed by atoms with Gasteiger partial charge in [-0.1, -0.05) is 12.1 Å². The van der Waals surface area contributed by atoms with Crippen LogP contribution in [0.25, 0.3) is 0 Å². The highest BCUT2D eigenvalue weighted by atomic mass is 32.2. The fraction of sp³-hybridized carbons (Fsp3) is 0.208. The Morgan fingerprint density at radius 1 is 0.794 bits per heavy atom. The van der Waals surface area contributed by atoms with Crippen molar-refractivity contribution in [2.75, 3.05) is 41.9 Å². The van der Waals surface area contributed by atoms with Gasteiger partial charge in [0.05, 0.1) is 16.3 Å². The molecule has 0 N–H and O–H groups in total. The maximum atomic E-state index is 14.1. The monoisotopic (exact) mass is 489 g/mol. The molecule has 1 amide bonds. The van der Waals surface area contributed by atoms with E-state index in [1.165, 1.54) is 23.1 Å². The summed E-state index contributed by atoms with van der Waals surface area (Å²) in [6, 6.07) is 15.3. The van der Waals surface area contributed by atoms with Crippen molar-refractivity contribution in [2.45, 2.75) is 4.90 Å². The summed E-state index contributed by atoms with van der Waals surface area (Å²) in [4.78, 5) is 16.2. The van der Waals surface area contributed by atoms with Crippen molar-refractivity contribution in [3.63, 3.8) is 0 Å². The Balaban J connectivity index is 1.54. The van der Waals surface area contributed by atoms with Crippen molar-refractivity contribution in [1.29, 1.82) is 0 Å². The number of para-hydroxylation sites is 1. The maximum absolute atomic E-state index is 14.1. The third-order valence-corrected chi connectivity index (χ3v) is 7.41. The molecule has 4 rings (SSSR count). The lowest BCUT2D eigenvalue weighted by Crippen LogP contribution is -2.52. The molecule has 0 bridgehead atoms. The van der Waals surface area contributed by atoms with Gasteiger partial charge >= 0.3 is 0 Å². The van der Waals surface area contributed by atoms with Gasteiger partial charge in [-0.15, -0.1) is 0 Å². The van der Waals surface area contributed by atoms with E-state index in [4.69, 9.17) is 0 Å². The molecule has 1 heterocycles. The van der Waals surface area contributed by atoms with Crippen LogP contribution in [0.15, 0.2) is 77.7 Å². The van der Waals surface area contributed by atoms with Crippen LogP contribution in [0.4, 0.5) is 24.5 Å². The number of hydrogen-bond donors (Lipinski definition) is 0. The Morgan fingerprint density at radius 2 is 1.35 bits per heavy atom. The number of hydrogen-bond acceptors (Lipinski definition) is 4. The van der Waals surface area contributed by atoms with Crippen LogP contribution in [0.2, 0.25) is 0 Å². The Bertz CT molecular complexity index is 1260. The Kier molecular flexibility index (Phi) is 6.78. The van der Waals surface area contributed by atoms with Crippen molar-refractivity contribution in [2.24, 2.45) is 0 Å². The van der Waals surface area contributed by atoms with Gasteiger partial charge in [-0.05, 0) is 60.7 Å². The van der Waals surface area contributed by atoms with E-state index in [-0.39, 0.29) is 29.5 Å². The molecule has 3 aromatic rings. The lowest BCUT2D eigenvalue weighted by Gasteiger charge is -2.37. The SMILES string of the molecule is O=C(CN(c1ccc(F)cc1)S(=O)(=O)c1ccc(F)cc1)N1CCN(c2ccccc2F)CC1. The highest BCUT2D eigenvalue weighted by Crippen LogP contribution is 2.25. The van der Waals surface area contributed by atoms with Gasteiger partial charge in [0.1, 0.15) is 24.0 Å². The van der Waals surface area contributed by atoms with E-state index in [0.29, 0.717) is 18.8 Å². The number of nitrogens with zero attached hydrogens (tertiary/aromatic N) is 3. The predicted octanol–water partition coefficient (Wildman–Crippen LogP) is 3.65. The van der Waals surface area contributed by atoms with E-state index < -0.39 is 34.1 Å². The molecule has 10 heteroatoms. The molecular formula is C24H22F3N3O3S. The molecule has 0 saturated carbocycles. The second kappa shape index (κ2) is 9.76. The van der Waals surface area contributed by atoms with Crippen molar-refractivity contribution in [3.05, 3.63) is 90.2 Å². The molecule has 0 aliphatic carbocycles. The van der Waals surface area contributed by atoms with Crippen LogP contribution < -0.4 is 9.21 Å². The predicted molar refractivity (Wildman–Crippen MR) is 123 cm³/mol. The summed E-state index contributed by atoms with van der Waals surface area (Å²) in [7, 11) is -4.24. The second-order valence-corrected chi connectivity index (χ2v) is 9.62. The van der Waals surface area contributed by atoms with E-state index in [9.17, 15) is 26.4 Å². The van der Waals surface area contributed by atoms with Crippen LogP contribution >= 0.6 is 0 Å². The molecule has 0 atom stereocenters. The van der Waals surface area contributed by atoms with Crippen molar-refractivity contribution >= 4 is 27.3 Å². The van der Waals surface area contributed by atoms with Crippen LogP contribution in [0.1, 0.15) is 0 Å². The summed E-state index contributed by atoms with van der Waals surface area (Å²) >= 11 is 0. The highest BCUT2D eigenvalue weighted by molar-refractivity contribution is 7.92. The van der Waals surface area contributed by atoms with E-state index in [2.05, 4.69) is 0 Å². The molecule has 34 heavy (non-hydrogen) atoms. The molecule has 0 aromatic heterocycles. The first-order valence-electron chi connectivity index (χ1n) is 10.6. The zero-order valence-corrected chi connectivity index (χ0v) is 18.9. The first-order chi connectivity index (χ1) is 16.3. The van der Waals surface area contributed by atoms with Crippen LogP contribution in [0, 0.1) is 17.5 Å². The van der Waals surface area contributed by atoms with Crippen LogP contribution in [-0.2, 0) is 14.8 Å². The largest absolute Gasteiger partial charge is 0.366 e. The number of carbonyl (C=O) groups excluding carboxylic acids is 1. The quantitative estimate of drug-likeness (QED) is 0.531. The summed E-state index contributed by atoms with van der Waals surface area (Å²) in [5.74, 6) is -1.96. The van der Waals surface area contributed by atoms with Gasteiger partial charge < -0.3 is 9.80 Å². The molecule has 0 radical (unpaired) electrons. The third kappa shape index (κ3) is 5.01. The van der Waals surface area contributed by atoms with Gasteiger partial charge in [-0.3, -0.25) is 9.10 Å². The number of halogens is 3. The van der Waals surface area contributed by atoms with Crippen molar-refractivity contribution in [3.8, 4) is 0 Å². The zero-order valence-electron chi connectivity index (χ0n) is 18.1. The fourth-order valence-corrected chi connectivity index (χ4v) is 5.20. The Hall–Kier alpha value is -3.53. The standard InChI is InChI=1S/C24H22F3N3O3S/c25-18-5-9-20(10-6-18)30(34(32,33)21-11-7-19(26)8-12-21)17-24(31)29-15-13-28(14-16-29)23-4-2-1-3-22(23)27/h1-12H,13-17H2. The van der Waals surface area contributed by atoms with Crippen LogP contribution in [0.3, 0.4) is 0 Å². The minimum Gasteiger partial charge on any atom is -0.366 e. The van der Waals surface area contributed by atoms with Crippen LogP contribution in [0.5, 0.6) is 0 Å². The topological polar surface area (TPSA) is 60.9 Å². The number of carbonyl (C=O) groups is 1. The molecular weight excluding hydrogens is 467 g/mol. The number of rotatable bonds is 6. The molecule has 3 aromatic carbocycles. The second-order valence-electron chi connectivity index (χ2n) is 7.76. The van der Waals surface area contributed by atoms with E-state index in [0.717, 1.165) is 40.7 Å². The first kappa shape index (κ1) is 23.6. The molecule has 6 nitrogen and oxygen atoms in total. The third-order valence-electron chi connectivity index (χ3n) is 5.62. The van der Waals surface area contributed by atoms with E-state index in [1.807, 2.05) is 4.90 Å². The van der Waals surface area contributed by atoms with E-state index >= 15 is 0 Å². The average molecular weight is 490 g/mol.